The molecule has 0 spiro atoms. The first-order valence-corrected chi connectivity index (χ1v) is 7.32. The molecule has 0 radical (unpaired) electrons. The smallest absolute Gasteiger partial charge is 0.132 e. The molecule has 1 aliphatic rings. The number of anilines is 1. The molecule has 0 saturated carbocycles. The van der Waals surface area contributed by atoms with Crippen molar-refractivity contribution in [1.29, 1.82) is 0 Å². The Hall–Kier alpha value is -0.810. The Kier molecular flexibility index (Phi) is 4.62. The van der Waals surface area contributed by atoms with Crippen LogP contribution in [-0.2, 0) is 0 Å². The molecule has 5 heteroatoms. The van der Waals surface area contributed by atoms with Crippen LogP contribution < -0.4 is 10.2 Å². The summed E-state index contributed by atoms with van der Waals surface area (Å²) in [7, 11) is 2.10. The Morgan fingerprint density at radius 2 is 2.35 bits per heavy atom. The fourth-order valence-electron chi connectivity index (χ4n) is 2.15. The first-order valence-electron chi connectivity index (χ1n) is 6.10. The number of nitrogens with one attached hydrogen (secondary N) is 1. The highest BCUT2D eigenvalue weighted by Crippen LogP contribution is 2.17. The zero-order valence-electron chi connectivity index (χ0n) is 10.5. The molecule has 2 heterocycles. The van der Waals surface area contributed by atoms with Crippen molar-refractivity contribution in [2.45, 2.75) is 30.3 Å². The van der Waals surface area contributed by atoms with E-state index >= 15 is 0 Å². The van der Waals surface area contributed by atoms with Gasteiger partial charge in [0.25, 0.3) is 0 Å². The van der Waals surface area contributed by atoms with Crippen LogP contribution in [0.1, 0.15) is 19.3 Å². The molecular formula is C12H20N4S. The van der Waals surface area contributed by atoms with Crippen molar-refractivity contribution >= 4 is 17.6 Å². The number of hydrogen-bond acceptors (Lipinski definition) is 5. The van der Waals surface area contributed by atoms with E-state index in [0.29, 0.717) is 6.04 Å². The molecule has 0 amide bonds. The van der Waals surface area contributed by atoms with Gasteiger partial charge in [-0.15, -0.1) is 11.8 Å². The van der Waals surface area contributed by atoms with Gasteiger partial charge in [-0.05, 0) is 25.6 Å². The molecule has 1 unspecified atom stereocenters. The van der Waals surface area contributed by atoms with Crippen molar-refractivity contribution in [2.75, 3.05) is 31.3 Å². The van der Waals surface area contributed by atoms with Crippen molar-refractivity contribution in [3.63, 3.8) is 0 Å². The van der Waals surface area contributed by atoms with Gasteiger partial charge in [0, 0.05) is 25.7 Å². The van der Waals surface area contributed by atoms with E-state index in [-0.39, 0.29) is 0 Å². The van der Waals surface area contributed by atoms with Gasteiger partial charge in [-0.25, -0.2) is 9.97 Å². The molecule has 0 bridgehead atoms. The Balaban J connectivity index is 1.95. The van der Waals surface area contributed by atoms with Crippen LogP contribution >= 0.6 is 11.8 Å². The summed E-state index contributed by atoms with van der Waals surface area (Å²) in [6.45, 7) is 2.17. The molecule has 1 N–H and O–H groups in total. The van der Waals surface area contributed by atoms with Crippen LogP contribution in [0.25, 0.3) is 0 Å². The van der Waals surface area contributed by atoms with E-state index in [1.807, 2.05) is 12.3 Å². The maximum atomic E-state index is 4.33. The zero-order chi connectivity index (χ0) is 12.1. The number of piperidine rings is 1. The molecule has 1 atom stereocenters. The van der Waals surface area contributed by atoms with E-state index in [4.69, 9.17) is 0 Å². The summed E-state index contributed by atoms with van der Waals surface area (Å²) in [6, 6.07) is 2.65. The third kappa shape index (κ3) is 3.57. The van der Waals surface area contributed by atoms with Gasteiger partial charge in [0.05, 0.1) is 0 Å². The lowest BCUT2D eigenvalue weighted by molar-refractivity contribution is 0.403. The van der Waals surface area contributed by atoms with Crippen LogP contribution in [0.4, 0.5) is 5.82 Å². The maximum absolute atomic E-state index is 4.33. The van der Waals surface area contributed by atoms with Crippen LogP contribution in [-0.4, -0.2) is 42.4 Å². The minimum Gasteiger partial charge on any atom is -0.358 e. The van der Waals surface area contributed by atoms with E-state index in [2.05, 4.69) is 27.2 Å². The zero-order valence-corrected chi connectivity index (χ0v) is 11.3. The van der Waals surface area contributed by atoms with Gasteiger partial charge in [-0.3, -0.25) is 0 Å². The van der Waals surface area contributed by atoms with E-state index < -0.39 is 0 Å². The highest BCUT2D eigenvalue weighted by Gasteiger charge is 2.15. The lowest BCUT2D eigenvalue weighted by atomic mass is 10.0. The van der Waals surface area contributed by atoms with E-state index in [9.17, 15) is 0 Å². The number of aromatic nitrogens is 2. The summed E-state index contributed by atoms with van der Waals surface area (Å²) in [6.07, 6.45) is 7.60. The summed E-state index contributed by atoms with van der Waals surface area (Å²) in [5.41, 5.74) is 0. The number of nitrogens with zero attached hydrogens (tertiary/aromatic N) is 3. The summed E-state index contributed by atoms with van der Waals surface area (Å²) in [5, 5.41) is 4.58. The third-order valence-corrected chi connectivity index (χ3v) is 3.78. The molecule has 94 valence electrons. The van der Waals surface area contributed by atoms with Crippen LogP contribution in [0, 0.1) is 0 Å². The number of likely N-dealkylation sites (N-methyl/N-ethyl adjacent to an activating group) is 1. The second-order valence-electron chi connectivity index (χ2n) is 4.45. The quantitative estimate of drug-likeness (QED) is 0.653. The van der Waals surface area contributed by atoms with Crippen molar-refractivity contribution in [1.82, 2.24) is 15.3 Å². The number of rotatable bonds is 4. The largest absolute Gasteiger partial charge is 0.358 e. The Morgan fingerprint density at radius 1 is 1.47 bits per heavy atom. The van der Waals surface area contributed by atoms with Crippen LogP contribution in [0.3, 0.4) is 0 Å². The molecule has 17 heavy (non-hydrogen) atoms. The summed E-state index contributed by atoms with van der Waals surface area (Å²) >= 11 is 1.65. The molecule has 1 fully saturated rings. The topological polar surface area (TPSA) is 41.0 Å². The summed E-state index contributed by atoms with van der Waals surface area (Å²) in [4.78, 5) is 10.7. The first kappa shape index (κ1) is 12.6. The average Bonchev–Trinajstić information content (AvgIpc) is 2.40. The SMILES string of the molecule is CSc1cc(N(C)CC2CCCCN2)ncn1. The summed E-state index contributed by atoms with van der Waals surface area (Å²) in [5.74, 6) is 1.01. The molecule has 2 rings (SSSR count). The summed E-state index contributed by atoms with van der Waals surface area (Å²) < 4.78 is 0. The van der Waals surface area contributed by atoms with E-state index in [0.717, 1.165) is 23.9 Å². The molecule has 0 aromatic carbocycles. The van der Waals surface area contributed by atoms with Gasteiger partial charge >= 0.3 is 0 Å². The number of hydrogen-bond donors (Lipinski definition) is 1. The normalized spacial score (nSPS) is 20.2. The fourth-order valence-corrected chi connectivity index (χ4v) is 2.53. The molecular weight excluding hydrogens is 232 g/mol. The molecule has 1 aromatic heterocycles. The minimum atomic E-state index is 0.599. The fraction of sp³-hybridized carbons (Fsp3) is 0.667. The Labute approximate surface area is 107 Å². The lowest BCUT2D eigenvalue weighted by Gasteiger charge is -2.28. The molecule has 1 saturated heterocycles. The van der Waals surface area contributed by atoms with Crippen molar-refractivity contribution in [2.24, 2.45) is 0 Å². The van der Waals surface area contributed by atoms with E-state index in [1.165, 1.54) is 19.3 Å². The van der Waals surface area contributed by atoms with Crippen molar-refractivity contribution in [3.8, 4) is 0 Å². The second-order valence-corrected chi connectivity index (χ2v) is 5.27. The molecule has 1 aromatic rings. The maximum Gasteiger partial charge on any atom is 0.132 e. The van der Waals surface area contributed by atoms with E-state index in [1.54, 1.807) is 18.1 Å². The highest BCUT2D eigenvalue weighted by molar-refractivity contribution is 7.98. The van der Waals surface area contributed by atoms with Gasteiger partial charge < -0.3 is 10.2 Å². The standard InChI is InChI=1S/C12H20N4S/c1-16(8-10-5-3-4-6-13-10)11-7-12(17-2)15-9-14-11/h7,9-10,13H,3-6,8H2,1-2H3. The average molecular weight is 252 g/mol. The Morgan fingerprint density at radius 3 is 3.06 bits per heavy atom. The van der Waals surface area contributed by atoms with Gasteiger partial charge in [0.1, 0.15) is 17.2 Å². The van der Waals surface area contributed by atoms with Gasteiger partial charge in [-0.2, -0.15) is 0 Å². The van der Waals surface area contributed by atoms with Crippen molar-refractivity contribution < 1.29 is 0 Å². The predicted molar refractivity (Wildman–Crippen MR) is 72.7 cm³/mol. The number of thioether (sulfide) groups is 1. The molecule has 0 aliphatic carbocycles. The van der Waals surface area contributed by atoms with Gasteiger partial charge in [0.2, 0.25) is 0 Å². The molecule has 1 aliphatic heterocycles. The van der Waals surface area contributed by atoms with Crippen LogP contribution in [0.5, 0.6) is 0 Å². The van der Waals surface area contributed by atoms with Gasteiger partial charge in [0.15, 0.2) is 0 Å². The second kappa shape index (κ2) is 6.21. The minimum absolute atomic E-state index is 0.599. The van der Waals surface area contributed by atoms with Crippen LogP contribution in [0.15, 0.2) is 17.4 Å². The van der Waals surface area contributed by atoms with Crippen LogP contribution in [0.2, 0.25) is 0 Å². The van der Waals surface area contributed by atoms with Crippen molar-refractivity contribution in [3.05, 3.63) is 12.4 Å². The predicted octanol–water partition coefficient (Wildman–Crippen LogP) is 1.78. The highest BCUT2D eigenvalue weighted by atomic mass is 32.2. The third-order valence-electron chi connectivity index (χ3n) is 3.13. The van der Waals surface area contributed by atoms with Gasteiger partial charge in [-0.1, -0.05) is 6.42 Å². The Bertz CT molecular complexity index is 352. The molecule has 4 nitrogen and oxygen atoms in total. The lowest BCUT2D eigenvalue weighted by Crippen LogP contribution is -2.42. The first-order chi connectivity index (χ1) is 8.29. The monoisotopic (exact) mass is 252 g/mol.